The topological polar surface area (TPSA) is 134 Å². The monoisotopic (exact) mass is 972 g/mol. The molecule has 0 rings (SSSR count). The third kappa shape index (κ3) is 54.2. The summed E-state index contributed by atoms with van der Waals surface area (Å²) in [6, 6.07) is 0. The van der Waals surface area contributed by atoms with Crippen LogP contribution in [0.15, 0.2) is 0 Å². The van der Waals surface area contributed by atoms with Gasteiger partial charge in [-0.05, 0) is 12.8 Å². The van der Waals surface area contributed by atoms with Crippen LogP contribution in [-0.2, 0) is 32.7 Å². The van der Waals surface area contributed by atoms with Crippen molar-refractivity contribution < 1.29 is 37.6 Å². The minimum atomic E-state index is -4.37. The van der Waals surface area contributed by atoms with Gasteiger partial charge in [-0.3, -0.25) is 18.6 Å². The molecule has 9 nitrogen and oxygen atoms in total. The summed E-state index contributed by atoms with van der Waals surface area (Å²) in [5, 5.41) is 0. The Hall–Kier alpha value is -0.990. The fourth-order valence-electron chi connectivity index (χ4n) is 9.11. The first-order chi connectivity index (χ1) is 32.8. The molecular weight excluding hydrogens is 858 g/mol. The Morgan fingerprint density at radius 2 is 0.642 bits per heavy atom. The van der Waals surface area contributed by atoms with Crippen molar-refractivity contribution in [3.8, 4) is 0 Å². The van der Waals surface area contributed by atoms with E-state index in [9.17, 15) is 19.0 Å². The van der Waals surface area contributed by atoms with Crippen LogP contribution in [0.1, 0.15) is 322 Å². The van der Waals surface area contributed by atoms with Crippen molar-refractivity contribution >= 4 is 19.8 Å². The van der Waals surface area contributed by atoms with Crippen molar-refractivity contribution in [3.05, 3.63) is 0 Å². The number of ether oxygens (including phenoxy) is 2. The van der Waals surface area contributed by atoms with Crippen molar-refractivity contribution in [3.63, 3.8) is 0 Å². The molecule has 67 heavy (non-hydrogen) atoms. The highest BCUT2D eigenvalue weighted by Crippen LogP contribution is 2.43. The smallest absolute Gasteiger partial charge is 0.462 e. The molecule has 0 spiro atoms. The van der Waals surface area contributed by atoms with Crippen LogP contribution in [0.2, 0.25) is 0 Å². The zero-order valence-corrected chi connectivity index (χ0v) is 45.6. The van der Waals surface area contributed by atoms with Crippen LogP contribution >= 0.6 is 7.82 Å². The van der Waals surface area contributed by atoms with Gasteiger partial charge >= 0.3 is 19.8 Å². The summed E-state index contributed by atoms with van der Waals surface area (Å²) in [4.78, 5) is 35.0. The van der Waals surface area contributed by atoms with E-state index < -0.39 is 26.5 Å². The molecule has 0 saturated carbocycles. The van der Waals surface area contributed by atoms with Crippen LogP contribution in [0.25, 0.3) is 0 Å². The largest absolute Gasteiger partial charge is 0.472 e. The SMILES string of the molecule is CCCCCCCCCCCCCCCCCCCCCCCCCCCCCCCCCCCCCCC(=O)OC(COC(=O)CCCCCCCCCCCC)COP(=O)(O)OCCN. The molecule has 2 atom stereocenters. The molecule has 0 fully saturated rings. The normalized spacial score (nSPS) is 13.0. The number of esters is 2. The predicted octanol–water partition coefficient (Wildman–Crippen LogP) is 18.3. The van der Waals surface area contributed by atoms with Crippen LogP contribution in [0, 0.1) is 0 Å². The number of unbranched alkanes of at least 4 members (excludes halogenated alkanes) is 44. The second-order valence-electron chi connectivity index (χ2n) is 20.2. The molecule has 400 valence electrons. The first-order valence-corrected chi connectivity index (χ1v) is 31.0. The number of nitrogens with two attached hydrogens (primary N) is 1. The van der Waals surface area contributed by atoms with Gasteiger partial charge in [0.15, 0.2) is 6.10 Å². The first kappa shape index (κ1) is 66.0. The van der Waals surface area contributed by atoms with Crippen molar-refractivity contribution in [2.45, 2.75) is 328 Å². The zero-order chi connectivity index (χ0) is 48.8. The lowest BCUT2D eigenvalue weighted by molar-refractivity contribution is -0.161. The Balaban J connectivity index is 3.69. The molecule has 0 amide bonds. The molecule has 0 aliphatic carbocycles. The van der Waals surface area contributed by atoms with E-state index in [1.54, 1.807) is 0 Å². The summed E-state index contributed by atoms with van der Waals surface area (Å²) in [5.74, 6) is -0.810. The fraction of sp³-hybridized carbons (Fsp3) is 0.965. The summed E-state index contributed by atoms with van der Waals surface area (Å²) in [5.41, 5.74) is 5.36. The van der Waals surface area contributed by atoms with Gasteiger partial charge in [-0.1, -0.05) is 296 Å². The molecule has 0 radical (unpaired) electrons. The maximum atomic E-state index is 12.6. The molecule has 10 heteroatoms. The summed E-state index contributed by atoms with van der Waals surface area (Å²) in [7, 11) is -4.37. The molecule has 0 aliphatic rings. The molecule has 0 aromatic heterocycles. The highest BCUT2D eigenvalue weighted by atomic mass is 31.2. The van der Waals surface area contributed by atoms with Crippen LogP contribution in [0.5, 0.6) is 0 Å². The number of phosphoric acid groups is 1. The number of phosphoric ester groups is 1. The minimum absolute atomic E-state index is 0.0582. The molecular formula is C57H114NO8P. The number of hydrogen-bond donors (Lipinski definition) is 2. The van der Waals surface area contributed by atoms with Crippen LogP contribution in [0.3, 0.4) is 0 Å². The number of carbonyl (C=O) groups excluding carboxylic acids is 2. The average molecular weight is 973 g/mol. The van der Waals surface area contributed by atoms with Crippen LogP contribution in [0.4, 0.5) is 0 Å². The molecule has 2 unspecified atom stereocenters. The standard InChI is InChI=1S/C57H114NO8P/c1-3-5-7-9-11-13-15-16-17-18-19-20-21-22-23-24-25-26-27-28-29-30-31-32-33-34-35-36-37-38-39-40-42-44-46-48-50-57(60)66-55(54-65-67(61,62)64-52-51-58)53-63-56(59)49-47-45-43-41-14-12-10-8-6-4-2/h55H,3-54,58H2,1-2H3,(H,61,62). The molecule has 0 aromatic carbocycles. The Morgan fingerprint density at radius 1 is 0.388 bits per heavy atom. The highest BCUT2D eigenvalue weighted by Gasteiger charge is 2.26. The van der Waals surface area contributed by atoms with Gasteiger partial charge in [0.25, 0.3) is 0 Å². The van der Waals surface area contributed by atoms with Gasteiger partial charge in [0.1, 0.15) is 6.61 Å². The quantitative estimate of drug-likeness (QED) is 0.0347. The lowest BCUT2D eigenvalue weighted by atomic mass is 10.0. The summed E-state index contributed by atoms with van der Waals surface area (Å²) in [6.45, 7) is 3.78. The molecule has 0 bridgehead atoms. The zero-order valence-electron chi connectivity index (χ0n) is 44.7. The van der Waals surface area contributed by atoms with E-state index in [0.29, 0.717) is 6.42 Å². The summed E-state index contributed by atoms with van der Waals surface area (Å²) < 4.78 is 32.9. The maximum Gasteiger partial charge on any atom is 0.472 e. The average Bonchev–Trinajstić information content (AvgIpc) is 3.32. The molecule has 0 aromatic rings. The van der Waals surface area contributed by atoms with E-state index in [1.165, 1.54) is 257 Å². The van der Waals surface area contributed by atoms with Gasteiger partial charge in [-0.2, -0.15) is 0 Å². The van der Waals surface area contributed by atoms with Crippen LogP contribution < -0.4 is 5.73 Å². The first-order valence-electron chi connectivity index (χ1n) is 29.5. The van der Waals surface area contributed by atoms with Crippen molar-refractivity contribution in [1.29, 1.82) is 0 Å². The lowest BCUT2D eigenvalue weighted by Gasteiger charge is -2.19. The van der Waals surface area contributed by atoms with Crippen LogP contribution in [-0.4, -0.2) is 49.3 Å². The minimum Gasteiger partial charge on any atom is -0.462 e. The summed E-state index contributed by atoms with van der Waals surface area (Å²) >= 11 is 0. The molecule has 0 heterocycles. The molecule has 3 N–H and O–H groups in total. The number of hydrogen-bond acceptors (Lipinski definition) is 8. The van der Waals surface area contributed by atoms with Gasteiger partial charge in [0, 0.05) is 19.4 Å². The van der Waals surface area contributed by atoms with E-state index in [-0.39, 0.29) is 38.6 Å². The molecule has 0 aliphatic heterocycles. The van der Waals surface area contributed by atoms with E-state index in [1.807, 2.05) is 0 Å². The Bertz CT molecular complexity index is 1060. The summed E-state index contributed by atoms with van der Waals surface area (Å²) in [6.07, 6.45) is 60.7. The maximum absolute atomic E-state index is 12.6. The number of carbonyl (C=O) groups is 2. The van der Waals surface area contributed by atoms with Crippen molar-refractivity contribution in [2.75, 3.05) is 26.4 Å². The van der Waals surface area contributed by atoms with Gasteiger partial charge in [-0.25, -0.2) is 4.57 Å². The van der Waals surface area contributed by atoms with Crippen molar-refractivity contribution in [1.82, 2.24) is 0 Å². The number of rotatable bonds is 57. The van der Waals surface area contributed by atoms with Gasteiger partial charge < -0.3 is 20.1 Å². The van der Waals surface area contributed by atoms with Gasteiger partial charge in [0.2, 0.25) is 0 Å². The van der Waals surface area contributed by atoms with Gasteiger partial charge in [0.05, 0.1) is 13.2 Å². The van der Waals surface area contributed by atoms with E-state index in [2.05, 4.69) is 13.8 Å². The van der Waals surface area contributed by atoms with E-state index in [4.69, 9.17) is 24.3 Å². The Labute approximate surface area is 416 Å². The Morgan fingerprint density at radius 3 is 0.910 bits per heavy atom. The predicted molar refractivity (Wildman–Crippen MR) is 285 cm³/mol. The van der Waals surface area contributed by atoms with Gasteiger partial charge in [-0.15, -0.1) is 0 Å². The third-order valence-electron chi connectivity index (χ3n) is 13.5. The van der Waals surface area contributed by atoms with E-state index in [0.717, 1.165) is 32.1 Å². The Kier molecular flexibility index (Phi) is 53.5. The van der Waals surface area contributed by atoms with E-state index >= 15 is 0 Å². The molecule has 0 saturated heterocycles. The second kappa shape index (κ2) is 54.3. The highest BCUT2D eigenvalue weighted by molar-refractivity contribution is 7.47. The van der Waals surface area contributed by atoms with Crippen molar-refractivity contribution in [2.24, 2.45) is 5.73 Å². The third-order valence-corrected chi connectivity index (χ3v) is 14.5. The lowest BCUT2D eigenvalue weighted by Crippen LogP contribution is -2.29. The second-order valence-corrected chi connectivity index (χ2v) is 21.7. The fourth-order valence-corrected chi connectivity index (χ4v) is 9.88.